The van der Waals surface area contributed by atoms with Gasteiger partial charge in [0.15, 0.2) is 0 Å². The number of phenols is 1. The molecule has 0 aromatic heterocycles. The van der Waals surface area contributed by atoms with E-state index in [4.69, 9.17) is 43.2 Å². The molecule has 0 radical (unpaired) electrons. The van der Waals surface area contributed by atoms with Gasteiger partial charge in [-0.15, -0.1) is 0 Å². The smallest absolute Gasteiger partial charge is 0.142 e. The fraction of sp³-hybridized carbons (Fsp3) is 0.182. The molecule has 3 aromatic rings. The number of anilines is 5. The Morgan fingerprint density at radius 1 is 0.667 bits per heavy atom. The van der Waals surface area contributed by atoms with Crippen LogP contribution in [0.1, 0.15) is 12.0 Å². The number of hydrogen-bond donors (Lipinski definition) is 6. The van der Waals surface area contributed by atoms with Crippen molar-refractivity contribution in [3.63, 3.8) is 0 Å². The van der Waals surface area contributed by atoms with Crippen molar-refractivity contribution < 1.29 is 14.6 Å². The summed E-state index contributed by atoms with van der Waals surface area (Å²) >= 11 is 0. The second-order valence-electron chi connectivity index (χ2n) is 6.69. The third-order valence-electron chi connectivity index (χ3n) is 4.10. The first-order valence-electron chi connectivity index (χ1n) is 9.37. The number of nitrogens with two attached hydrogens (primary N) is 5. The predicted molar refractivity (Wildman–Crippen MR) is 123 cm³/mol. The lowest BCUT2D eigenvalue weighted by Crippen LogP contribution is -2.07. The van der Waals surface area contributed by atoms with Crippen LogP contribution < -0.4 is 38.1 Å². The predicted octanol–water partition coefficient (Wildman–Crippen LogP) is 3.15. The summed E-state index contributed by atoms with van der Waals surface area (Å²) in [6.07, 6.45) is 0.702. The number of rotatable bonds is 6. The van der Waals surface area contributed by atoms with E-state index in [2.05, 4.69) is 0 Å². The zero-order chi connectivity index (χ0) is 22.1. The lowest BCUT2D eigenvalue weighted by atomic mass is 10.2. The number of benzene rings is 3. The van der Waals surface area contributed by atoms with Crippen molar-refractivity contribution in [1.82, 2.24) is 0 Å². The van der Waals surface area contributed by atoms with Crippen LogP contribution in [-0.4, -0.2) is 18.3 Å². The largest absolute Gasteiger partial charge is 0.508 e. The van der Waals surface area contributed by atoms with Crippen molar-refractivity contribution in [1.29, 1.82) is 0 Å². The Balaban J connectivity index is 0.000000297. The molecule has 0 heterocycles. The molecule has 0 atom stereocenters. The van der Waals surface area contributed by atoms with Crippen molar-refractivity contribution in [2.45, 2.75) is 13.3 Å². The van der Waals surface area contributed by atoms with Gasteiger partial charge in [-0.1, -0.05) is 6.07 Å². The lowest BCUT2D eigenvalue weighted by molar-refractivity contribution is 0.249. The molecule has 0 saturated heterocycles. The van der Waals surface area contributed by atoms with Gasteiger partial charge >= 0.3 is 0 Å². The van der Waals surface area contributed by atoms with Gasteiger partial charge in [-0.2, -0.15) is 0 Å². The molecule has 0 spiro atoms. The first kappa shape index (κ1) is 22.4. The lowest BCUT2D eigenvalue weighted by Gasteiger charge is -2.11. The van der Waals surface area contributed by atoms with E-state index in [1.807, 2.05) is 6.92 Å². The van der Waals surface area contributed by atoms with E-state index in [-0.39, 0.29) is 5.75 Å². The number of hydrogen-bond acceptors (Lipinski definition) is 8. The standard InChI is InChI=1S/C15H20N4O2.C7H9NO/c16-10-2-4-14(12(18)8-10)20-6-1-7-21-15-5-3-11(17)9-13(15)19;1-5-2-3-6(8)4-7(5)9/h2-5,8-9H,1,6-7,16-19H2;2-4,9H,8H2,1H3. The molecule has 0 fully saturated rings. The van der Waals surface area contributed by atoms with Crippen LogP contribution in [0.4, 0.5) is 28.4 Å². The van der Waals surface area contributed by atoms with Crippen LogP contribution in [0.15, 0.2) is 54.6 Å². The molecule has 0 unspecified atom stereocenters. The number of ether oxygens (including phenoxy) is 2. The van der Waals surface area contributed by atoms with Gasteiger partial charge in [0.05, 0.1) is 24.6 Å². The highest BCUT2D eigenvalue weighted by Gasteiger charge is 2.02. The van der Waals surface area contributed by atoms with Gasteiger partial charge in [-0.25, -0.2) is 0 Å². The topological polar surface area (TPSA) is 169 Å². The first-order chi connectivity index (χ1) is 14.3. The Bertz CT molecular complexity index is 925. The minimum absolute atomic E-state index is 0.259. The van der Waals surface area contributed by atoms with Gasteiger partial charge in [0.1, 0.15) is 17.2 Å². The van der Waals surface area contributed by atoms with Gasteiger partial charge in [-0.3, -0.25) is 0 Å². The third-order valence-corrected chi connectivity index (χ3v) is 4.10. The second kappa shape index (κ2) is 10.6. The molecule has 3 rings (SSSR count). The van der Waals surface area contributed by atoms with Crippen LogP contribution in [0.3, 0.4) is 0 Å². The molecule has 0 aliphatic heterocycles. The number of aromatic hydroxyl groups is 1. The van der Waals surface area contributed by atoms with Gasteiger partial charge in [-0.05, 0) is 55.0 Å². The molecular formula is C22H29N5O3. The van der Waals surface area contributed by atoms with Gasteiger partial charge in [0, 0.05) is 29.5 Å². The van der Waals surface area contributed by atoms with E-state index in [1.54, 1.807) is 48.5 Å². The molecule has 11 N–H and O–H groups in total. The molecule has 8 nitrogen and oxygen atoms in total. The van der Waals surface area contributed by atoms with Gasteiger partial charge in [0.2, 0.25) is 0 Å². The second-order valence-corrected chi connectivity index (χ2v) is 6.69. The summed E-state index contributed by atoms with van der Waals surface area (Å²) in [5.74, 6) is 1.50. The number of nitrogen functional groups attached to an aromatic ring is 5. The average molecular weight is 412 g/mol. The first-order valence-corrected chi connectivity index (χ1v) is 9.37. The minimum atomic E-state index is 0.259. The Kier molecular flexibility index (Phi) is 7.87. The molecule has 0 aliphatic carbocycles. The van der Waals surface area contributed by atoms with E-state index in [0.717, 1.165) is 5.56 Å². The van der Waals surface area contributed by atoms with Gasteiger partial charge in [0.25, 0.3) is 0 Å². The highest BCUT2D eigenvalue weighted by Crippen LogP contribution is 2.25. The fourth-order valence-corrected chi connectivity index (χ4v) is 2.45. The Labute approximate surface area is 176 Å². The summed E-state index contributed by atoms with van der Waals surface area (Å²) in [5, 5.41) is 9.02. The summed E-state index contributed by atoms with van der Waals surface area (Å²) in [6.45, 7) is 2.81. The Morgan fingerprint density at radius 2 is 1.10 bits per heavy atom. The number of phenolic OH excluding ortho intramolecular Hbond substituents is 1. The maximum Gasteiger partial charge on any atom is 0.142 e. The van der Waals surface area contributed by atoms with Crippen molar-refractivity contribution in [2.24, 2.45) is 0 Å². The van der Waals surface area contributed by atoms with E-state index < -0.39 is 0 Å². The fourth-order valence-electron chi connectivity index (χ4n) is 2.45. The number of aryl methyl sites for hydroxylation is 1. The van der Waals surface area contributed by atoms with E-state index in [9.17, 15) is 0 Å². The van der Waals surface area contributed by atoms with Crippen molar-refractivity contribution in [2.75, 3.05) is 41.9 Å². The molecule has 0 amide bonds. The van der Waals surface area contributed by atoms with E-state index in [1.165, 1.54) is 6.07 Å². The molecule has 160 valence electrons. The average Bonchev–Trinajstić information content (AvgIpc) is 2.68. The van der Waals surface area contributed by atoms with Crippen molar-refractivity contribution >= 4 is 28.4 Å². The minimum Gasteiger partial charge on any atom is -0.508 e. The van der Waals surface area contributed by atoms with E-state index in [0.29, 0.717) is 59.6 Å². The molecule has 3 aromatic carbocycles. The van der Waals surface area contributed by atoms with Crippen molar-refractivity contribution in [3.05, 3.63) is 60.2 Å². The molecule has 0 bridgehead atoms. The Morgan fingerprint density at radius 3 is 1.50 bits per heavy atom. The summed E-state index contributed by atoms with van der Waals surface area (Å²) in [5.41, 5.74) is 31.9. The molecule has 0 saturated carbocycles. The van der Waals surface area contributed by atoms with Crippen LogP contribution in [0.5, 0.6) is 17.2 Å². The molecule has 0 aliphatic rings. The van der Waals surface area contributed by atoms with Crippen molar-refractivity contribution in [3.8, 4) is 17.2 Å². The molecule has 8 heteroatoms. The maximum absolute atomic E-state index is 9.02. The highest BCUT2D eigenvalue weighted by molar-refractivity contribution is 5.61. The third kappa shape index (κ3) is 6.90. The van der Waals surface area contributed by atoms with Crippen LogP contribution >= 0.6 is 0 Å². The van der Waals surface area contributed by atoms with E-state index >= 15 is 0 Å². The maximum atomic E-state index is 9.02. The van der Waals surface area contributed by atoms with Crippen LogP contribution in [0.2, 0.25) is 0 Å². The summed E-state index contributed by atoms with van der Waals surface area (Å²) in [4.78, 5) is 0. The van der Waals surface area contributed by atoms with Crippen LogP contribution in [0.25, 0.3) is 0 Å². The molecular weight excluding hydrogens is 382 g/mol. The zero-order valence-electron chi connectivity index (χ0n) is 17.0. The zero-order valence-corrected chi connectivity index (χ0v) is 17.0. The highest BCUT2D eigenvalue weighted by atomic mass is 16.5. The normalized spacial score (nSPS) is 10.0. The summed E-state index contributed by atoms with van der Waals surface area (Å²) in [6, 6.07) is 15.4. The quantitative estimate of drug-likeness (QED) is 0.265. The van der Waals surface area contributed by atoms with Gasteiger partial charge < -0.3 is 43.2 Å². The SMILES string of the molecule is Cc1ccc(N)cc1O.Nc1ccc(OCCCOc2ccc(N)cc2N)c(N)c1. The Hall–Kier alpha value is -3.94. The van der Waals surface area contributed by atoms with Crippen LogP contribution in [-0.2, 0) is 0 Å². The van der Waals surface area contributed by atoms with Crippen LogP contribution in [0, 0.1) is 6.92 Å². The summed E-state index contributed by atoms with van der Waals surface area (Å²) < 4.78 is 11.1. The molecule has 30 heavy (non-hydrogen) atoms. The summed E-state index contributed by atoms with van der Waals surface area (Å²) in [7, 11) is 0. The monoisotopic (exact) mass is 411 g/mol.